The molecule has 2 atom stereocenters. The highest BCUT2D eigenvalue weighted by Gasteiger charge is 2.30. The third kappa shape index (κ3) is 4.30. The van der Waals surface area contributed by atoms with Crippen LogP contribution in [0.3, 0.4) is 0 Å². The third-order valence-corrected chi connectivity index (χ3v) is 5.77. The Labute approximate surface area is 176 Å². The number of amides is 1. The summed E-state index contributed by atoms with van der Waals surface area (Å²) in [4.78, 5) is 23.3. The van der Waals surface area contributed by atoms with Crippen molar-refractivity contribution in [3.8, 4) is 0 Å². The van der Waals surface area contributed by atoms with Crippen LogP contribution in [0.4, 0.5) is 5.82 Å². The fourth-order valence-electron chi connectivity index (χ4n) is 4.25. The molecule has 1 saturated carbocycles. The SMILES string of the molecule is CC(N)=NC(=O)c1cc2c#cccc2nc1N1C=CC(NC2CCCC2)C(CO)C1. The summed E-state index contributed by atoms with van der Waals surface area (Å²) >= 11 is 0. The van der Waals surface area contributed by atoms with E-state index < -0.39 is 5.91 Å². The number of nitrogens with one attached hydrogen (secondary N) is 1. The summed E-state index contributed by atoms with van der Waals surface area (Å²) in [5.74, 6) is 0.243. The Balaban J connectivity index is 1.68. The lowest BCUT2D eigenvalue weighted by Crippen LogP contribution is -2.48. The highest BCUT2D eigenvalue weighted by Crippen LogP contribution is 2.28. The fourth-order valence-corrected chi connectivity index (χ4v) is 4.25. The van der Waals surface area contributed by atoms with Crippen molar-refractivity contribution in [3.63, 3.8) is 0 Å². The minimum Gasteiger partial charge on any atom is -0.396 e. The number of aliphatic hydroxyl groups is 1. The standard InChI is InChI=1S/C23H27N5O2/c1-15(24)25-23(30)19-12-16-6-2-5-9-20(16)27-22(19)28-11-10-21(17(13-28)14-29)26-18-7-3-4-8-18/h5,9-12,17-18,21,26,29H,3-4,7-8,13-14H2,1H3,(H2,24,25,30). The molecular weight excluding hydrogens is 378 g/mol. The normalized spacial score (nSPS) is 22.5. The lowest BCUT2D eigenvalue weighted by atomic mass is 9.95. The van der Waals surface area contributed by atoms with Crippen molar-refractivity contribution in [2.75, 3.05) is 18.1 Å². The van der Waals surface area contributed by atoms with Crippen molar-refractivity contribution in [1.82, 2.24) is 10.3 Å². The first-order valence-electron chi connectivity index (χ1n) is 10.4. The maximum absolute atomic E-state index is 12.8. The zero-order valence-electron chi connectivity index (χ0n) is 17.1. The first-order chi connectivity index (χ1) is 14.5. The zero-order valence-corrected chi connectivity index (χ0v) is 17.1. The molecule has 7 heteroatoms. The number of hydrogen-bond donors (Lipinski definition) is 3. The third-order valence-electron chi connectivity index (χ3n) is 5.77. The molecule has 2 aromatic rings. The minimum absolute atomic E-state index is 0.00790. The molecule has 2 aliphatic rings. The van der Waals surface area contributed by atoms with Gasteiger partial charge in [0, 0.05) is 37.4 Å². The molecule has 1 aliphatic carbocycles. The first-order valence-corrected chi connectivity index (χ1v) is 10.4. The van der Waals surface area contributed by atoms with E-state index in [1.807, 2.05) is 17.2 Å². The molecule has 4 N–H and O–H groups in total. The van der Waals surface area contributed by atoms with Gasteiger partial charge in [0.25, 0.3) is 5.91 Å². The maximum Gasteiger partial charge on any atom is 0.282 e. The summed E-state index contributed by atoms with van der Waals surface area (Å²) < 4.78 is 0. The van der Waals surface area contributed by atoms with Gasteiger partial charge in [-0.3, -0.25) is 4.79 Å². The molecule has 1 aromatic heterocycles. The average Bonchev–Trinajstić information content (AvgIpc) is 3.25. The number of fused-ring (bicyclic) bond motifs is 1. The van der Waals surface area contributed by atoms with E-state index in [4.69, 9.17) is 10.7 Å². The highest BCUT2D eigenvalue weighted by atomic mass is 16.3. The van der Waals surface area contributed by atoms with Gasteiger partial charge in [-0.2, -0.15) is 4.99 Å². The smallest absolute Gasteiger partial charge is 0.282 e. The Kier molecular flexibility index (Phi) is 5.98. The van der Waals surface area contributed by atoms with Gasteiger partial charge in [0.1, 0.15) is 11.7 Å². The van der Waals surface area contributed by atoms with E-state index in [1.54, 1.807) is 19.1 Å². The van der Waals surface area contributed by atoms with Gasteiger partial charge in [0.05, 0.1) is 16.5 Å². The zero-order chi connectivity index (χ0) is 21.1. The molecule has 4 rings (SSSR count). The van der Waals surface area contributed by atoms with Crippen LogP contribution in [0.1, 0.15) is 43.0 Å². The van der Waals surface area contributed by atoms with E-state index in [0.717, 1.165) is 0 Å². The molecule has 1 fully saturated rings. The minimum atomic E-state index is -0.447. The number of nitrogens with two attached hydrogens (primary N) is 1. The number of aliphatic imine (C=N–C) groups is 1. The average molecular weight is 406 g/mol. The predicted octanol–water partition coefficient (Wildman–Crippen LogP) is 2.20. The Bertz CT molecular complexity index is 977. The number of hydrogen-bond acceptors (Lipinski definition) is 5. The summed E-state index contributed by atoms with van der Waals surface area (Å²) in [7, 11) is 0. The summed E-state index contributed by atoms with van der Waals surface area (Å²) in [6.07, 6.45) is 8.88. The van der Waals surface area contributed by atoms with Gasteiger partial charge in [-0.15, -0.1) is 0 Å². The van der Waals surface area contributed by atoms with Crippen LogP contribution in [0, 0.1) is 18.1 Å². The number of nitrogens with zero attached hydrogens (tertiary/aromatic N) is 3. The Morgan fingerprint density at radius 2 is 2.23 bits per heavy atom. The molecule has 0 bridgehead atoms. The Hall–Kier alpha value is -2.95. The molecule has 7 nitrogen and oxygen atoms in total. The van der Waals surface area contributed by atoms with Gasteiger partial charge in [-0.05, 0) is 38.0 Å². The number of anilines is 1. The van der Waals surface area contributed by atoms with E-state index in [0.29, 0.717) is 34.9 Å². The number of pyridine rings is 1. The van der Waals surface area contributed by atoms with Gasteiger partial charge < -0.3 is 21.1 Å². The van der Waals surface area contributed by atoms with E-state index in [1.165, 1.54) is 25.7 Å². The van der Waals surface area contributed by atoms with Crippen LogP contribution in [-0.4, -0.2) is 47.1 Å². The maximum atomic E-state index is 12.8. The van der Waals surface area contributed by atoms with Gasteiger partial charge in [-0.25, -0.2) is 4.98 Å². The number of aliphatic hydroxyl groups excluding tert-OH is 1. The monoisotopic (exact) mass is 405 g/mol. The van der Waals surface area contributed by atoms with Crippen LogP contribution >= 0.6 is 0 Å². The molecular formula is C23H27N5O2. The number of carbonyl (C=O) groups excluding carboxylic acids is 1. The van der Waals surface area contributed by atoms with Crippen LogP contribution in [0.25, 0.3) is 10.9 Å². The van der Waals surface area contributed by atoms with Gasteiger partial charge in [0.2, 0.25) is 0 Å². The van der Waals surface area contributed by atoms with Gasteiger partial charge in [-0.1, -0.05) is 31.1 Å². The lowest BCUT2D eigenvalue weighted by Gasteiger charge is -2.36. The molecule has 30 heavy (non-hydrogen) atoms. The quantitative estimate of drug-likeness (QED) is 0.520. The summed E-state index contributed by atoms with van der Waals surface area (Å²) in [6.45, 7) is 2.17. The second kappa shape index (κ2) is 8.82. The van der Waals surface area contributed by atoms with Crippen molar-refractivity contribution in [1.29, 1.82) is 0 Å². The number of carbonyl (C=O) groups is 1. The molecule has 2 heterocycles. The molecule has 156 valence electrons. The van der Waals surface area contributed by atoms with Crippen LogP contribution in [0.15, 0.2) is 35.5 Å². The van der Waals surface area contributed by atoms with E-state index >= 15 is 0 Å². The number of aromatic nitrogens is 1. The van der Waals surface area contributed by atoms with Crippen molar-refractivity contribution in [3.05, 3.63) is 48.2 Å². The van der Waals surface area contributed by atoms with Crippen LogP contribution in [0.2, 0.25) is 0 Å². The Morgan fingerprint density at radius 3 is 2.97 bits per heavy atom. The molecule has 0 radical (unpaired) electrons. The second-order valence-electron chi connectivity index (χ2n) is 8.06. The predicted molar refractivity (Wildman–Crippen MR) is 117 cm³/mol. The highest BCUT2D eigenvalue weighted by molar-refractivity contribution is 6.07. The van der Waals surface area contributed by atoms with Crippen LogP contribution < -0.4 is 16.0 Å². The largest absolute Gasteiger partial charge is 0.396 e. The first kappa shape index (κ1) is 20.3. The fraction of sp³-hybridized carbons (Fsp3) is 0.435. The molecule has 0 spiro atoms. The molecule has 1 aliphatic heterocycles. The molecule has 1 aromatic carbocycles. The van der Waals surface area contributed by atoms with Crippen molar-refractivity contribution >= 4 is 28.5 Å². The van der Waals surface area contributed by atoms with Gasteiger partial charge in [0.15, 0.2) is 0 Å². The summed E-state index contributed by atoms with van der Waals surface area (Å²) in [5.41, 5.74) is 6.71. The topological polar surface area (TPSA) is 104 Å². The van der Waals surface area contributed by atoms with E-state index in [2.05, 4.69) is 28.5 Å². The van der Waals surface area contributed by atoms with Crippen molar-refractivity contribution in [2.45, 2.75) is 44.7 Å². The summed E-state index contributed by atoms with van der Waals surface area (Å²) in [5, 5.41) is 14.4. The van der Waals surface area contributed by atoms with Crippen molar-refractivity contribution < 1.29 is 9.90 Å². The van der Waals surface area contributed by atoms with Crippen molar-refractivity contribution in [2.24, 2.45) is 16.6 Å². The van der Waals surface area contributed by atoms with Crippen LogP contribution in [-0.2, 0) is 0 Å². The van der Waals surface area contributed by atoms with E-state index in [-0.39, 0.29) is 24.4 Å². The number of amidine groups is 1. The van der Waals surface area contributed by atoms with Crippen LogP contribution in [0.5, 0.6) is 0 Å². The molecule has 0 saturated heterocycles. The Morgan fingerprint density at radius 1 is 1.43 bits per heavy atom. The number of rotatable bonds is 5. The second-order valence-corrected chi connectivity index (χ2v) is 8.06. The van der Waals surface area contributed by atoms with Gasteiger partial charge >= 0.3 is 0 Å². The lowest BCUT2D eigenvalue weighted by molar-refractivity contribution is 0.100. The molecule has 2 unspecified atom stereocenters. The summed E-state index contributed by atoms with van der Waals surface area (Å²) in [6, 6.07) is 11.8. The van der Waals surface area contributed by atoms with E-state index in [9.17, 15) is 9.90 Å². The molecule has 1 amide bonds.